The normalized spacial score (nSPS) is 10.8. The highest BCUT2D eigenvalue weighted by Crippen LogP contribution is 2.27. The average Bonchev–Trinajstić information content (AvgIpc) is 2.90. The van der Waals surface area contributed by atoms with Crippen LogP contribution in [0.15, 0.2) is 40.9 Å². The average molecular weight is 324 g/mol. The summed E-state index contributed by atoms with van der Waals surface area (Å²) in [7, 11) is 0. The Bertz CT molecular complexity index is 864. The highest BCUT2D eigenvalue weighted by Gasteiger charge is 2.16. The second-order valence-corrected chi connectivity index (χ2v) is 5.65. The lowest BCUT2D eigenvalue weighted by Crippen LogP contribution is -2.23. The Labute approximate surface area is 140 Å². The van der Waals surface area contributed by atoms with Crippen molar-refractivity contribution in [3.05, 3.63) is 59.0 Å². The largest absolute Gasteiger partial charge is 0.488 e. The highest BCUT2D eigenvalue weighted by molar-refractivity contribution is 6.01. The zero-order valence-corrected chi connectivity index (χ0v) is 14.1. The van der Waals surface area contributed by atoms with Crippen molar-refractivity contribution in [1.29, 1.82) is 0 Å². The van der Waals surface area contributed by atoms with E-state index in [1.165, 1.54) is 0 Å². The minimum atomic E-state index is -0.142. The van der Waals surface area contributed by atoms with E-state index in [2.05, 4.69) is 10.5 Å². The Kier molecular flexibility index (Phi) is 4.51. The minimum Gasteiger partial charge on any atom is -0.488 e. The van der Waals surface area contributed by atoms with E-state index in [-0.39, 0.29) is 5.91 Å². The van der Waals surface area contributed by atoms with Gasteiger partial charge in [-0.05, 0) is 43.7 Å². The Balaban J connectivity index is 1.97. The zero-order valence-electron chi connectivity index (χ0n) is 14.1. The lowest BCUT2D eigenvalue weighted by atomic mass is 10.1. The second kappa shape index (κ2) is 6.74. The van der Waals surface area contributed by atoms with Gasteiger partial charge in [-0.2, -0.15) is 0 Å². The fraction of sp³-hybridized carbons (Fsp3) is 0.263. The molecule has 3 aromatic rings. The first kappa shape index (κ1) is 16.1. The van der Waals surface area contributed by atoms with Gasteiger partial charge in [0.2, 0.25) is 0 Å². The molecular formula is C19H20N2O3. The first-order valence-corrected chi connectivity index (χ1v) is 7.95. The van der Waals surface area contributed by atoms with Crippen LogP contribution in [-0.4, -0.2) is 17.6 Å². The zero-order chi connectivity index (χ0) is 17.1. The van der Waals surface area contributed by atoms with Crippen molar-refractivity contribution < 1.29 is 14.1 Å². The van der Waals surface area contributed by atoms with Gasteiger partial charge in [-0.3, -0.25) is 4.79 Å². The van der Waals surface area contributed by atoms with E-state index < -0.39 is 0 Å². The Hall–Kier alpha value is -2.82. The van der Waals surface area contributed by atoms with Crippen LogP contribution in [0.4, 0.5) is 0 Å². The van der Waals surface area contributed by atoms with Crippen LogP contribution >= 0.6 is 0 Å². The maximum atomic E-state index is 12.4. The predicted molar refractivity (Wildman–Crippen MR) is 92.3 cm³/mol. The van der Waals surface area contributed by atoms with Crippen molar-refractivity contribution in [3.8, 4) is 5.75 Å². The third kappa shape index (κ3) is 3.11. The number of carbonyl (C=O) groups is 1. The summed E-state index contributed by atoms with van der Waals surface area (Å²) in [5.74, 6) is 1.14. The van der Waals surface area contributed by atoms with Crippen molar-refractivity contribution in [2.45, 2.75) is 27.4 Å². The van der Waals surface area contributed by atoms with Crippen molar-refractivity contribution in [2.75, 3.05) is 6.54 Å². The fourth-order valence-corrected chi connectivity index (χ4v) is 2.63. The van der Waals surface area contributed by atoms with E-state index in [9.17, 15) is 4.79 Å². The molecule has 1 heterocycles. The van der Waals surface area contributed by atoms with Crippen molar-refractivity contribution in [3.63, 3.8) is 0 Å². The van der Waals surface area contributed by atoms with Crippen LogP contribution in [-0.2, 0) is 6.61 Å². The molecule has 0 saturated heterocycles. The Morgan fingerprint density at radius 1 is 1.21 bits per heavy atom. The van der Waals surface area contributed by atoms with Crippen LogP contribution in [0, 0.1) is 13.8 Å². The molecule has 0 radical (unpaired) electrons. The third-order valence-electron chi connectivity index (χ3n) is 3.98. The van der Waals surface area contributed by atoms with Crippen molar-refractivity contribution >= 4 is 16.7 Å². The molecule has 0 saturated carbocycles. The van der Waals surface area contributed by atoms with Crippen LogP contribution in [0.2, 0.25) is 0 Å². The van der Waals surface area contributed by atoms with E-state index in [1.807, 2.05) is 57.2 Å². The molecule has 0 spiro atoms. The van der Waals surface area contributed by atoms with Gasteiger partial charge in [0.05, 0.1) is 16.8 Å². The number of benzene rings is 2. The lowest BCUT2D eigenvalue weighted by molar-refractivity contribution is 0.0951. The molecule has 0 aliphatic carbocycles. The van der Waals surface area contributed by atoms with Crippen LogP contribution < -0.4 is 10.1 Å². The molecular weight excluding hydrogens is 304 g/mol. The molecule has 0 unspecified atom stereocenters. The first-order valence-electron chi connectivity index (χ1n) is 7.95. The quantitative estimate of drug-likeness (QED) is 0.776. The van der Waals surface area contributed by atoms with Gasteiger partial charge in [0, 0.05) is 6.54 Å². The summed E-state index contributed by atoms with van der Waals surface area (Å²) in [6.45, 7) is 6.49. The number of hydrogen-bond acceptors (Lipinski definition) is 4. The van der Waals surface area contributed by atoms with E-state index in [0.29, 0.717) is 24.5 Å². The van der Waals surface area contributed by atoms with Gasteiger partial charge in [0.1, 0.15) is 18.1 Å². The molecule has 24 heavy (non-hydrogen) atoms. The van der Waals surface area contributed by atoms with Gasteiger partial charge >= 0.3 is 0 Å². The number of hydrogen-bond donors (Lipinski definition) is 1. The summed E-state index contributed by atoms with van der Waals surface area (Å²) in [5.41, 5.74) is 2.24. The molecule has 5 heteroatoms. The van der Waals surface area contributed by atoms with Crippen LogP contribution in [0.3, 0.4) is 0 Å². The number of rotatable bonds is 5. The molecule has 1 N–H and O–H groups in total. The van der Waals surface area contributed by atoms with Crippen LogP contribution in [0.25, 0.3) is 10.8 Å². The highest BCUT2D eigenvalue weighted by atomic mass is 16.5. The van der Waals surface area contributed by atoms with E-state index in [1.54, 1.807) is 0 Å². The van der Waals surface area contributed by atoms with Crippen LogP contribution in [0.1, 0.15) is 34.3 Å². The van der Waals surface area contributed by atoms with E-state index in [4.69, 9.17) is 9.26 Å². The monoisotopic (exact) mass is 324 g/mol. The Morgan fingerprint density at radius 2 is 1.92 bits per heavy atom. The number of carbonyl (C=O) groups excluding carboxylic acids is 1. The Morgan fingerprint density at radius 3 is 2.54 bits per heavy atom. The minimum absolute atomic E-state index is 0.142. The summed E-state index contributed by atoms with van der Waals surface area (Å²) in [5, 5.41) is 8.79. The van der Waals surface area contributed by atoms with Gasteiger partial charge in [0.25, 0.3) is 5.91 Å². The third-order valence-corrected chi connectivity index (χ3v) is 3.98. The standard InChI is InChI=1S/C19H20N2O3/c1-4-20-19(22)16-9-14-7-5-6-8-15(14)10-18(16)23-11-17-12(2)21-24-13(17)3/h5-10H,4,11H2,1-3H3,(H,20,22). The van der Waals surface area contributed by atoms with Gasteiger partial charge < -0.3 is 14.6 Å². The number of nitrogens with zero attached hydrogens (tertiary/aromatic N) is 1. The van der Waals surface area contributed by atoms with E-state index >= 15 is 0 Å². The van der Waals surface area contributed by atoms with Crippen LogP contribution in [0.5, 0.6) is 5.75 Å². The number of fused-ring (bicyclic) bond motifs is 1. The summed E-state index contributed by atoms with van der Waals surface area (Å²) in [4.78, 5) is 12.4. The number of amides is 1. The molecule has 0 aliphatic heterocycles. The predicted octanol–water partition coefficient (Wildman–Crippen LogP) is 3.77. The summed E-state index contributed by atoms with van der Waals surface area (Å²) >= 11 is 0. The molecule has 0 aliphatic rings. The maximum absolute atomic E-state index is 12.4. The number of aromatic nitrogens is 1. The summed E-state index contributed by atoms with van der Waals surface area (Å²) in [6.07, 6.45) is 0. The van der Waals surface area contributed by atoms with Gasteiger partial charge in [0.15, 0.2) is 0 Å². The summed E-state index contributed by atoms with van der Waals surface area (Å²) < 4.78 is 11.1. The molecule has 3 rings (SSSR count). The van der Waals surface area contributed by atoms with Gasteiger partial charge in [-0.15, -0.1) is 0 Å². The molecule has 0 atom stereocenters. The molecule has 0 fully saturated rings. The molecule has 2 aromatic carbocycles. The molecule has 5 nitrogen and oxygen atoms in total. The molecule has 0 bridgehead atoms. The summed E-state index contributed by atoms with van der Waals surface area (Å²) in [6, 6.07) is 11.7. The number of aryl methyl sites for hydroxylation is 2. The topological polar surface area (TPSA) is 64.4 Å². The van der Waals surface area contributed by atoms with Gasteiger partial charge in [-0.1, -0.05) is 29.4 Å². The lowest BCUT2D eigenvalue weighted by Gasteiger charge is -2.13. The number of ether oxygens (including phenoxy) is 1. The SMILES string of the molecule is CCNC(=O)c1cc2ccccc2cc1OCc1c(C)noc1C. The molecule has 124 valence electrons. The second-order valence-electron chi connectivity index (χ2n) is 5.65. The number of nitrogens with one attached hydrogen (secondary N) is 1. The van der Waals surface area contributed by atoms with Crippen molar-refractivity contribution in [1.82, 2.24) is 10.5 Å². The first-order chi connectivity index (χ1) is 11.6. The molecule has 1 amide bonds. The smallest absolute Gasteiger partial charge is 0.255 e. The van der Waals surface area contributed by atoms with Crippen molar-refractivity contribution in [2.24, 2.45) is 0 Å². The maximum Gasteiger partial charge on any atom is 0.255 e. The van der Waals surface area contributed by atoms with Gasteiger partial charge in [-0.25, -0.2) is 0 Å². The molecule has 1 aromatic heterocycles. The fourth-order valence-electron chi connectivity index (χ4n) is 2.63. The van der Waals surface area contributed by atoms with E-state index in [0.717, 1.165) is 27.8 Å².